The maximum Gasteiger partial charge on any atom is 0.137 e. The smallest absolute Gasteiger partial charge is 0.137 e. The van der Waals surface area contributed by atoms with E-state index in [-0.39, 0.29) is 28.4 Å². The van der Waals surface area contributed by atoms with Crippen molar-refractivity contribution < 1.29 is 14.7 Å². The second-order valence-electron chi connectivity index (χ2n) is 9.83. The summed E-state index contributed by atoms with van der Waals surface area (Å²) >= 11 is 0. The molecule has 0 radical (unpaired) electrons. The van der Waals surface area contributed by atoms with Gasteiger partial charge in [-0.2, -0.15) is 0 Å². The van der Waals surface area contributed by atoms with Crippen LogP contribution >= 0.6 is 0 Å². The van der Waals surface area contributed by atoms with Crippen LogP contribution in [-0.2, 0) is 9.59 Å². The second-order valence-corrected chi connectivity index (χ2v) is 9.83. The van der Waals surface area contributed by atoms with Crippen LogP contribution in [0, 0.1) is 34.5 Å². The molecule has 0 bridgehead atoms. The number of aliphatic hydroxyl groups is 1. The van der Waals surface area contributed by atoms with E-state index in [1.54, 1.807) is 6.92 Å². The molecule has 1 unspecified atom stereocenters. The first-order chi connectivity index (χ1) is 11.2. The Balaban J connectivity index is 1.73. The Morgan fingerprint density at radius 1 is 1.08 bits per heavy atom. The summed E-state index contributed by atoms with van der Waals surface area (Å²) in [7, 11) is 0. The summed E-state index contributed by atoms with van der Waals surface area (Å²) in [5, 5.41) is 11.3. The van der Waals surface area contributed by atoms with Crippen molar-refractivity contribution >= 4 is 11.6 Å². The lowest BCUT2D eigenvalue weighted by Gasteiger charge is -2.62. The van der Waals surface area contributed by atoms with Gasteiger partial charge in [-0.1, -0.05) is 26.7 Å². The Hall–Kier alpha value is -0.700. The molecule has 4 aliphatic carbocycles. The zero-order chi connectivity index (χ0) is 17.3. The van der Waals surface area contributed by atoms with E-state index in [1.807, 2.05) is 0 Å². The van der Waals surface area contributed by atoms with E-state index in [4.69, 9.17) is 0 Å². The summed E-state index contributed by atoms with van der Waals surface area (Å²) in [6.07, 6.45) is 8.46. The average Bonchev–Trinajstić information content (AvgIpc) is 2.84. The molecule has 4 saturated carbocycles. The third-order valence-electron chi connectivity index (χ3n) is 8.92. The molecule has 1 N–H and O–H groups in total. The number of carbonyl (C=O) groups is 2. The van der Waals surface area contributed by atoms with Crippen molar-refractivity contribution in [3.8, 4) is 0 Å². The van der Waals surface area contributed by atoms with E-state index in [0.717, 1.165) is 51.4 Å². The molecule has 0 aromatic carbocycles. The zero-order valence-corrected chi connectivity index (χ0v) is 15.4. The van der Waals surface area contributed by atoms with Gasteiger partial charge >= 0.3 is 0 Å². The number of hydrogen-bond donors (Lipinski definition) is 1. The minimum absolute atomic E-state index is 0.0142. The summed E-state index contributed by atoms with van der Waals surface area (Å²) < 4.78 is 0. The molecule has 4 rings (SSSR count). The van der Waals surface area contributed by atoms with Crippen LogP contribution in [0.4, 0.5) is 0 Å². The van der Waals surface area contributed by atoms with E-state index < -0.39 is 5.60 Å². The third-order valence-corrected chi connectivity index (χ3v) is 8.92. The van der Waals surface area contributed by atoms with Crippen LogP contribution in [0.5, 0.6) is 0 Å². The topological polar surface area (TPSA) is 54.4 Å². The predicted molar refractivity (Wildman–Crippen MR) is 92.4 cm³/mol. The Labute approximate surface area is 145 Å². The Morgan fingerprint density at radius 3 is 2.50 bits per heavy atom. The van der Waals surface area contributed by atoms with Gasteiger partial charge in [0.25, 0.3) is 0 Å². The van der Waals surface area contributed by atoms with Crippen molar-refractivity contribution in [2.45, 2.75) is 84.2 Å². The highest BCUT2D eigenvalue weighted by molar-refractivity contribution is 5.87. The lowest BCUT2D eigenvalue weighted by Crippen LogP contribution is -2.64. The molecule has 0 amide bonds. The fraction of sp³-hybridized carbons (Fsp3) is 0.905. The summed E-state index contributed by atoms with van der Waals surface area (Å²) in [4.78, 5) is 25.5. The SMILES string of the molecule is CC(=O)[C@H]1CC[C@H]2[C@@H]3CCC4(O)CCCC[C@]4(C)[C@H]3C(=O)C[C@]12C. The number of rotatable bonds is 1. The molecule has 0 saturated heterocycles. The first-order valence-electron chi connectivity index (χ1n) is 9.98. The van der Waals surface area contributed by atoms with E-state index in [1.165, 1.54) is 0 Å². The molecule has 7 atom stereocenters. The molecule has 0 heterocycles. The van der Waals surface area contributed by atoms with E-state index >= 15 is 0 Å². The molecule has 4 fully saturated rings. The lowest BCUT2D eigenvalue weighted by molar-refractivity contribution is -0.203. The normalized spacial score (nSPS) is 53.9. The molecule has 24 heavy (non-hydrogen) atoms. The first-order valence-corrected chi connectivity index (χ1v) is 9.98. The van der Waals surface area contributed by atoms with Crippen molar-refractivity contribution in [3.63, 3.8) is 0 Å². The minimum atomic E-state index is -0.644. The number of fused-ring (bicyclic) bond motifs is 5. The average molecular weight is 332 g/mol. The highest BCUT2D eigenvalue weighted by Gasteiger charge is 2.66. The van der Waals surface area contributed by atoms with Crippen LogP contribution in [0.3, 0.4) is 0 Å². The van der Waals surface area contributed by atoms with Crippen molar-refractivity contribution in [2.75, 3.05) is 0 Å². The molecule has 3 nitrogen and oxygen atoms in total. The highest BCUT2D eigenvalue weighted by Crippen LogP contribution is 2.67. The minimum Gasteiger partial charge on any atom is -0.389 e. The molecular weight excluding hydrogens is 300 g/mol. The van der Waals surface area contributed by atoms with Crippen LogP contribution in [0.1, 0.15) is 78.6 Å². The van der Waals surface area contributed by atoms with Crippen LogP contribution in [0.2, 0.25) is 0 Å². The molecule has 0 spiro atoms. The van der Waals surface area contributed by atoms with Gasteiger partial charge in [0.05, 0.1) is 5.60 Å². The van der Waals surface area contributed by atoms with Gasteiger partial charge in [-0.25, -0.2) is 0 Å². The van der Waals surface area contributed by atoms with Crippen molar-refractivity contribution in [1.82, 2.24) is 0 Å². The van der Waals surface area contributed by atoms with Gasteiger partial charge in [-0.05, 0) is 62.7 Å². The fourth-order valence-corrected chi connectivity index (χ4v) is 7.73. The van der Waals surface area contributed by atoms with Crippen LogP contribution in [0.15, 0.2) is 0 Å². The monoisotopic (exact) mass is 332 g/mol. The van der Waals surface area contributed by atoms with Gasteiger partial charge in [0.15, 0.2) is 0 Å². The van der Waals surface area contributed by atoms with E-state index in [0.29, 0.717) is 24.0 Å². The Morgan fingerprint density at radius 2 is 1.79 bits per heavy atom. The Bertz CT molecular complexity index is 584. The van der Waals surface area contributed by atoms with Gasteiger partial charge in [0, 0.05) is 23.7 Å². The lowest BCUT2D eigenvalue weighted by atomic mass is 9.43. The van der Waals surface area contributed by atoms with Crippen molar-refractivity contribution in [3.05, 3.63) is 0 Å². The molecule has 0 aromatic heterocycles. The summed E-state index contributed by atoms with van der Waals surface area (Å²) in [5.74, 6) is 1.55. The molecule has 0 aromatic rings. The van der Waals surface area contributed by atoms with Crippen molar-refractivity contribution in [1.29, 1.82) is 0 Å². The standard InChI is InChI=1S/C21H32O3/c1-13(22)15-6-7-16-14-8-11-21(24)10-5-4-9-20(21,3)18(14)17(23)12-19(15,16)2/h14-16,18,24H,4-12H2,1-3H3/t14-,15+,16-,18+,19+,20+,21?/m0/s1. The first kappa shape index (κ1) is 16.8. The molecular formula is C21H32O3. The van der Waals surface area contributed by atoms with Crippen LogP contribution in [-0.4, -0.2) is 22.3 Å². The summed E-state index contributed by atoms with van der Waals surface area (Å²) in [6.45, 7) is 6.10. The quantitative estimate of drug-likeness (QED) is 0.792. The number of Topliss-reactive ketones (excluding diaryl/α,β-unsaturated/α-hetero) is 2. The third kappa shape index (κ3) is 1.94. The highest BCUT2D eigenvalue weighted by atomic mass is 16.3. The molecule has 0 aliphatic heterocycles. The second kappa shape index (κ2) is 5.16. The molecule has 4 aliphatic rings. The summed E-state index contributed by atoms with van der Waals surface area (Å²) in [5.41, 5.74) is -1.03. The molecule has 134 valence electrons. The number of ketones is 2. The Kier molecular flexibility index (Phi) is 3.60. The van der Waals surface area contributed by atoms with E-state index in [2.05, 4.69) is 13.8 Å². The predicted octanol–water partition coefficient (Wildman–Crippen LogP) is 3.92. The zero-order valence-electron chi connectivity index (χ0n) is 15.4. The van der Waals surface area contributed by atoms with Crippen LogP contribution in [0.25, 0.3) is 0 Å². The van der Waals surface area contributed by atoms with Gasteiger partial charge in [-0.3, -0.25) is 9.59 Å². The van der Waals surface area contributed by atoms with Crippen LogP contribution < -0.4 is 0 Å². The summed E-state index contributed by atoms with van der Waals surface area (Å²) in [6, 6.07) is 0. The van der Waals surface area contributed by atoms with Gasteiger partial charge in [-0.15, -0.1) is 0 Å². The van der Waals surface area contributed by atoms with E-state index in [9.17, 15) is 14.7 Å². The maximum atomic E-state index is 13.3. The largest absolute Gasteiger partial charge is 0.389 e. The van der Waals surface area contributed by atoms with Gasteiger partial charge in [0.2, 0.25) is 0 Å². The van der Waals surface area contributed by atoms with Gasteiger partial charge in [0.1, 0.15) is 11.6 Å². The fourth-order valence-electron chi connectivity index (χ4n) is 7.73. The molecule has 3 heteroatoms. The number of carbonyl (C=O) groups excluding carboxylic acids is 2. The maximum absolute atomic E-state index is 13.3. The number of hydrogen-bond acceptors (Lipinski definition) is 3. The van der Waals surface area contributed by atoms with Gasteiger partial charge < -0.3 is 5.11 Å². The van der Waals surface area contributed by atoms with Crippen molar-refractivity contribution in [2.24, 2.45) is 34.5 Å².